The standard InChI is InChI=1S/C8H16N4O3S/c1-9-4-2-6-16(13,14)11-5-3-8-10-7-15-12-8/h7,9,11H,2-6H2,1H3. The Morgan fingerprint density at radius 3 is 2.88 bits per heavy atom. The highest BCUT2D eigenvalue weighted by Gasteiger charge is 2.09. The van der Waals surface area contributed by atoms with Gasteiger partial charge < -0.3 is 9.84 Å². The molecule has 0 atom stereocenters. The SMILES string of the molecule is CNCCCS(=O)(=O)NCCc1ncon1. The van der Waals surface area contributed by atoms with Crippen molar-refractivity contribution in [1.29, 1.82) is 0 Å². The Bertz CT molecular complexity index is 376. The topological polar surface area (TPSA) is 97.1 Å². The lowest BCUT2D eigenvalue weighted by atomic mass is 10.4. The summed E-state index contributed by atoms with van der Waals surface area (Å²) in [6.45, 7) is 0.979. The summed E-state index contributed by atoms with van der Waals surface area (Å²) >= 11 is 0. The summed E-state index contributed by atoms with van der Waals surface area (Å²) in [4.78, 5) is 3.79. The van der Waals surface area contributed by atoms with Crippen LogP contribution in [0, 0.1) is 0 Å². The van der Waals surface area contributed by atoms with Crippen molar-refractivity contribution in [2.45, 2.75) is 12.8 Å². The molecule has 1 rings (SSSR count). The Hall–Kier alpha value is -0.990. The van der Waals surface area contributed by atoms with Gasteiger partial charge in [0, 0.05) is 13.0 Å². The molecule has 92 valence electrons. The van der Waals surface area contributed by atoms with Gasteiger partial charge in [-0.1, -0.05) is 5.16 Å². The molecule has 0 radical (unpaired) electrons. The van der Waals surface area contributed by atoms with E-state index in [0.29, 0.717) is 31.8 Å². The Morgan fingerprint density at radius 1 is 1.44 bits per heavy atom. The van der Waals surface area contributed by atoms with E-state index >= 15 is 0 Å². The number of nitrogens with zero attached hydrogens (tertiary/aromatic N) is 2. The van der Waals surface area contributed by atoms with Crippen molar-refractivity contribution < 1.29 is 12.9 Å². The van der Waals surface area contributed by atoms with Gasteiger partial charge in [0.25, 0.3) is 0 Å². The van der Waals surface area contributed by atoms with Gasteiger partial charge in [-0.2, -0.15) is 4.98 Å². The molecule has 0 aromatic carbocycles. The first kappa shape index (κ1) is 13.1. The molecule has 0 saturated carbocycles. The Kier molecular flexibility index (Phi) is 5.36. The molecule has 1 aromatic heterocycles. The first-order chi connectivity index (χ1) is 7.64. The van der Waals surface area contributed by atoms with E-state index in [4.69, 9.17) is 0 Å². The molecule has 0 spiro atoms. The van der Waals surface area contributed by atoms with Crippen LogP contribution >= 0.6 is 0 Å². The monoisotopic (exact) mass is 248 g/mol. The first-order valence-corrected chi connectivity index (χ1v) is 6.66. The zero-order valence-corrected chi connectivity index (χ0v) is 9.96. The van der Waals surface area contributed by atoms with E-state index in [1.807, 2.05) is 0 Å². The fourth-order valence-electron chi connectivity index (χ4n) is 1.13. The summed E-state index contributed by atoms with van der Waals surface area (Å²) in [5.74, 6) is 0.623. The quantitative estimate of drug-likeness (QED) is 0.581. The Balaban J connectivity index is 2.20. The van der Waals surface area contributed by atoms with Crippen LogP contribution in [0.3, 0.4) is 0 Å². The van der Waals surface area contributed by atoms with Crippen molar-refractivity contribution in [3.8, 4) is 0 Å². The predicted octanol–water partition coefficient (Wildman–Crippen LogP) is -0.859. The molecule has 16 heavy (non-hydrogen) atoms. The molecule has 1 heterocycles. The molecular formula is C8H16N4O3S. The third-order valence-corrected chi connectivity index (χ3v) is 3.39. The normalized spacial score (nSPS) is 11.8. The van der Waals surface area contributed by atoms with E-state index in [1.54, 1.807) is 7.05 Å². The molecule has 0 aliphatic rings. The number of hydrogen-bond acceptors (Lipinski definition) is 6. The number of sulfonamides is 1. The molecule has 2 N–H and O–H groups in total. The lowest BCUT2D eigenvalue weighted by Gasteiger charge is -2.04. The summed E-state index contributed by atoms with van der Waals surface area (Å²) < 4.78 is 29.9. The second-order valence-corrected chi connectivity index (χ2v) is 5.19. The maximum absolute atomic E-state index is 11.4. The highest BCUT2D eigenvalue weighted by atomic mass is 32.2. The molecule has 8 heteroatoms. The van der Waals surface area contributed by atoms with Gasteiger partial charge in [0.05, 0.1) is 5.75 Å². The number of nitrogens with one attached hydrogen (secondary N) is 2. The third kappa shape index (κ3) is 5.19. The van der Waals surface area contributed by atoms with Gasteiger partial charge in [-0.25, -0.2) is 13.1 Å². The van der Waals surface area contributed by atoms with Crippen LogP contribution in [0.25, 0.3) is 0 Å². The summed E-state index contributed by atoms with van der Waals surface area (Å²) in [6.07, 6.45) is 2.24. The van der Waals surface area contributed by atoms with Crippen molar-refractivity contribution in [3.05, 3.63) is 12.2 Å². The van der Waals surface area contributed by atoms with E-state index in [-0.39, 0.29) is 5.75 Å². The van der Waals surface area contributed by atoms with Crippen molar-refractivity contribution in [2.75, 3.05) is 25.9 Å². The zero-order valence-electron chi connectivity index (χ0n) is 9.14. The summed E-state index contributed by atoms with van der Waals surface area (Å²) in [7, 11) is -1.40. The number of aromatic nitrogens is 2. The molecule has 0 aliphatic carbocycles. The van der Waals surface area contributed by atoms with Crippen molar-refractivity contribution in [1.82, 2.24) is 20.2 Å². The third-order valence-electron chi connectivity index (χ3n) is 1.92. The second-order valence-electron chi connectivity index (χ2n) is 3.27. The van der Waals surface area contributed by atoms with Crippen molar-refractivity contribution in [3.63, 3.8) is 0 Å². The minimum absolute atomic E-state index is 0.125. The van der Waals surface area contributed by atoms with Crippen LogP contribution < -0.4 is 10.0 Å². The van der Waals surface area contributed by atoms with Gasteiger partial charge >= 0.3 is 0 Å². The van der Waals surface area contributed by atoms with Crippen LogP contribution in [0.15, 0.2) is 10.9 Å². The van der Waals surface area contributed by atoms with Crippen LogP contribution in [0.5, 0.6) is 0 Å². The van der Waals surface area contributed by atoms with Crippen LogP contribution in [0.1, 0.15) is 12.2 Å². The molecule has 1 aromatic rings. The average molecular weight is 248 g/mol. The van der Waals surface area contributed by atoms with E-state index in [0.717, 1.165) is 0 Å². The van der Waals surface area contributed by atoms with Gasteiger partial charge in [-0.15, -0.1) is 0 Å². The van der Waals surface area contributed by atoms with Crippen LogP contribution in [-0.4, -0.2) is 44.4 Å². The van der Waals surface area contributed by atoms with Gasteiger partial charge in [0.1, 0.15) is 0 Å². The average Bonchev–Trinajstić information content (AvgIpc) is 2.70. The Labute approximate surface area is 94.7 Å². The molecule has 7 nitrogen and oxygen atoms in total. The van der Waals surface area contributed by atoms with Crippen LogP contribution in [0.4, 0.5) is 0 Å². The Morgan fingerprint density at radius 2 is 2.25 bits per heavy atom. The van der Waals surface area contributed by atoms with Crippen LogP contribution in [0.2, 0.25) is 0 Å². The van der Waals surface area contributed by atoms with E-state index in [1.165, 1.54) is 6.39 Å². The lowest BCUT2D eigenvalue weighted by molar-refractivity contribution is 0.410. The van der Waals surface area contributed by atoms with Crippen molar-refractivity contribution in [2.24, 2.45) is 0 Å². The lowest BCUT2D eigenvalue weighted by Crippen LogP contribution is -2.29. The predicted molar refractivity (Wildman–Crippen MR) is 58.3 cm³/mol. The number of hydrogen-bond donors (Lipinski definition) is 2. The fraction of sp³-hybridized carbons (Fsp3) is 0.750. The summed E-state index contributed by atoms with van der Waals surface area (Å²) in [5.41, 5.74) is 0. The molecule has 0 aliphatic heterocycles. The van der Waals surface area contributed by atoms with E-state index < -0.39 is 10.0 Å². The molecule has 0 bridgehead atoms. The van der Waals surface area contributed by atoms with Gasteiger partial charge in [-0.3, -0.25) is 0 Å². The highest BCUT2D eigenvalue weighted by molar-refractivity contribution is 7.89. The molecule has 0 amide bonds. The van der Waals surface area contributed by atoms with Gasteiger partial charge in [-0.05, 0) is 20.0 Å². The van der Waals surface area contributed by atoms with E-state index in [2.05, 4.69) is 24.7 Å². The second kappa shape index (κ2) is 6.56. The maximum atomic E-state index is 11.4. The highest BCUT2D eigenvalue weighted by Crippen LogP contribution is 1.92. The van der Waals surface area contributed by atoms with Crippen LogP contribution in [-0.2, 0) is 16.4 Å². The first-order valence-electron chi connectivity index (χ1n) is 5.01. The zero-order chi connectivity index (χ0) is 11.9. The summed E-state index contributed by atoms with van der Waals surface area (Å²) in [5, 5.41) is 6.47. The summed E-state index contributed by atoms with van der Waals surface area (Å²) in [6, 6.07) is 0. The number of rotatable bonds is 8. The molecule has 0 unspecified atom stereocenters. The van der Waals surface area contributed by atoms with Gasteiger partial charge in [0.15, 0.2) is 5.82 Å². The minimum atomic E-state index is -3.18. The van der Waals surface area contributed by atoms with Gasteiger partial charge in [0.2, 0.25) is 16.4 Å². The minimum Gasteiger partial charge on any atom is -0.343 e. The molecule has 0 fully saturated rings. The largest absolute Gasteiger partial charge is 0.343 e. The smallest absolute Gasteiger partial charge is 0.213 e. The fourth-order valence-corrected chi connectivity index (χ4v) is 2.21. The van der Waals surface area contributed by atoms with E-state index in [9.17, 15) is 8.42 Å². The molecule has 0 saturated heterocycles. The molecular weight excluding hydrogens is 232 g/mol. The van der Waals surface area contributed by atoms with Crippen molar-refractivity contribution >= 4 is 10.0 Å². The maximum Gasteiger partial charge on any atom is 0.213 e.